The number of ether oxygens (including phenoxy) is 1. The molecular formula is C20H24N2O3. The number of anilines is 1. The fourth-order valence-electron chi connectivity index (χ4n) is 2.30. The number of amides is 1. The second kappa shape index (κ2) is 8.87. The van der Waals surface area contributed by atoms with Crippen molar-refractivity contribution in [2.75, 3.05) is 18.9 Å². The van der Waals surface area contributed by atoms with Gasteiger partial charge in [-0.15, -0.1) is 0 Å². The van der Waals surface area contributed by atoms with Crippen LogP contribution in [0.4, 0.5) is 5.69 Å². The Morgan fingerprint density at radius 3 is 2.28 bits per heavy atom. The maximum absolute atomic E-state index is 11.8. The standard InChI is InChI=1S/C20H24N2O3/c1-14(2)16-5-3-15(4-6-16)11-12-22-19(23)13-25-20(24)17-7-9-18(21)10-8-17/h3-10,14H,11-13,21H2,1-2H3,(H,22,23). The van der Waals surface area contributed by atoms with Gasteiger partial charge in [-0.05, 0) is 47.7 Å². The van der Waals surface area contributed by atoms with Crippen LogP contribution in [0.15, 0.2) is 48.5 Å². The number of carbonyl (C=O) groups excluding carboxylic acids is 2. The van der Waals surface area contributed by atoms with Gasteiger partial charge in [-0.2, -0.15) is 0 Å². The number of nitrogens with one attached hydrogen (secondary N) is 1. The lowest BCUT2D eigenvalue weighted by Gasteiger charge is -2.08. The first-order valence-corrected chi connectivity index (χ1v) is 8.34. The van der Waals surface area contributed by atoms with Crippen molar-refractivity contribution >= 4 is 17.6 Å². The zero-order chi connectivity index (χ0) is 18.2. The van der Waals surface area contributed by atoms with Gasteiger partial charge in [-0.3, -0.25) is 4.79 Å². The van der Waals surface area contributed by atoms with Crippen molar-refractivity contribution in [1.82, 2.24) is 5.32 Å². The van der Waals surface area contributed by atoms with Gasteiger partial charge in [-0.1, -0.05) is 38.1 Å². The topological polar surface area (TPSA) is 81.4 Å². The summed E-state index contributed by atoms with van der Waals surface area (Å²) in [5, 5.41) is 2.75. The summed E-state index contributed by atoms with van der Waals surface area (Å²) >= 11 is 0. The fraction of sp³-hybridized carbons (Fsp3) is 0.300. The van der Waals surface area contributed by atoms with Gasteiger partial charge in [0.05, 0.1) is 5.56 Å². The summed E-state index contributed by atoms with van der Waals surface area (Å²) < 4.78 is 4.98. The summed E-state index contributed by atoms with van der Waals surface area (Å²) in [6.07, 6.45) is 0.732. The molecule has 5 heteroatoms. The highest BCUT2D eigenvalue weighted by molar-refractivity contribution is 5.91. The molecule has 0 aliphatic heterocycles. The molecule has 2 rings (SSSR count). The molecule has 132 valence electrons. The second-order valence-electron chi connectivity index (χ2n) is 6.19. The Morgan fingerprint density at radius 1 is 1.04 bits per heavy atom. The lowest BCUT2D eigenvalue weighted by Crippen LogP contribution is -2.30. The van der Waals surface area contributed by atoms with E-state index in [9.17, 15) is 9.59 Å². The molecule has 25 heavy (non-hydrogen) atoms. The number of nitrogens with two attached hydrogens (primary N) is 1. The van der Waals surface area contributed by atoms with Crippen LogP contribution in [0.2, 0.25) is 0 Å². The van der Waals surface area contributed by atoms with Crippen LogP contribution in [0.25, 0.3) is 0 Å². The molecule has 0 fully saturated rings. The molecule has 0 aliphatic carbocycles. The number of rotatable bonds is 7. The molecule has 2 aromatic carbocycles. The Hall–Kier alpha value is -2.82. The van der Waals surface area contributed by atoms with Crippen molar-refractivity contribution in [2.45, 2.75) is 26.2 Å². The Balaban J connectivity index is 1.70. The van der Waals surface area contributed by atoms with E-state index in [1.54, 1.807) is 24.3 Å². The van der Waals surface area contributed by atoms with Crippen molar-refractivity contribution in [3.8, 4) is 0 Å². The Kier molecular flexibility index (Phi) is 6.57. The molecule has 0 spiro atoms. The first-order valence-electron chi connectivity index (χ1n) is 8.34. The zero-order valence-electron chi connectivity index (χ0n) is 14.6. The van der Waals surface area contributed by atoms with E-state index in [-0.39, 0.29) is 12.5 Å². The van der Waals surface area contributed by atoms with E-state index < -0.39 is 5.97 Å². The largest absolute Gasteiger partial charge is 0.452 e. The molecule has 0 atom stereocenters. The Morgan fingerprint density at radius 2 is 1.68 bits per heavy atom. The molecule has 0 heterocycles. The highest BCUT2D eigenvalue weighted by Gasteiger charge is 2.09. The molecule has 0 aliphatic rings. The Labute approximate surface area is 148 Å². The lowest BCUT2D eigenvalue weighted by atomic mass is 10.0. The minimum atomic E-state index is -0.542. The number of benzene rings is 2. The monoisotopic (exact) mass is 340 g/mol. The highest BCUT2D eigenvalue weighted by atomic mass is 16.5. The summed E-state index contributed by atoms with van der Waals surface area (Å²) in [7, 11) is 0. The van der Waals surface area contributed by atoms with Crippen LogP contribution in [-0.2, 0) is 16.0 Å². The van der Waals surface area contributed by atoms with Gasteiger partial charge in [0.1, 0.15) is 0 Å². The predicted molar refractivity (Wildman–Crippen MR) is 98.4 cm³/mol. The van der Waals surface area contributed by atoms with Crippen molar-refractivity contribution < 1.29 is 14.3 Å². The number of carbonyl (C=O) groups is 2. The van der Waals surface area contributed by atoms with E-state index in [1.807, 2.05) is 0 Å². The van der Waals surface area contributed by atoms with Gasteiger partial charge >= 0.3 is 5.97 Å². The molecule has 0 saturated heterocycles. The SMILES string of the molecule is CC(C)c1ccc(CCNC(=O)COC(=O)c2ccc(N)cc2)cc1. The molecule has 5 nitrogen and oxygen atoms in total. The Bertz CT molecular complexity index is 707. The van der Waals surface area contributed by atoms with Crippen LogP contribution < -0.4 is 11.1 Å². The molecule has 3 N–H and O–H groups in total. The molecule has 0 bridgehead atoms. The van der Waals surface area contributed by atoms with Crippen LogP contribution in [0.5, 0.6) is 0 Å². The van der Waals surface area contributed by atoms with Crippen molar-refractivity contribution in [2.24, 2.45) is 0 Å². The third kappa shape index (κ3) is 5.95. The minimum Gasteiger partial charge on any atom is -0.452 e. The molecule has 1 amide bonds. The van der Waals surface area contributed by atoms with Gasteiger partial charge in [0.2, 0.25) is 0 Å². The zero-order valence-corrected chi connectivity index (χ0v) is 14.6. The quantitative estimate of drug-likeness (QED) is 0.600. The molecule has 0 unspecified atom stereocenters. The molecule has 0 aromatic heterocycles. The van der Waals surface area contributed by atoms with Crippen molar-refractivity contribution in [1.29, 1.82) is 0 Å². The summed E-state index contributed by atoms with van der Waals surface area (Å²) in [6, 6.07) is 14.7. The first-order chi connectivity index (χ1) is 12.0. The van der Waals surface area contributed by atoms with Crippen LogP contribution in [-0.4, -0.2) is 25.0 Å². The average molecular weight is 340 g/mol. The number of hydrogen-bond acceptors (Lipinski definition) is 4. The molecule has 0 saturated carbocycles. The third-order valence-electron chi connectivity index (χ3n) is 3.86. The fourth-order valence-corrected chi connectivity index (χ4v) is 2.30. The molecule has 2 aromatic rings. The highest BCUT2D eigenvalue weighted by Crippen LogP contribution is 2.14. The first kappa shape index (κ1) is 18.5. The molecule has 0 radical (unpaired) electrons. The van der Waals surface area contributed by atoms with Gasteiger partial charge < -0.3 is 15.8 Å². The van der Waals surface area contributed by atoms with Crippen molar-refractivity contribution in [3.05, 3.63) is 65.2 Å². The maximum atomic E-state index is 11.8. The van der Waals surface area contributed by atoms with Crippen LogP contribution >= 0.6 is 0 Å². The van der Waals surface area contributed by atoms with E-state index in [0.29, 0.717) is 23.7 Å². The summed E-state index contributed by atoms with van der Waals surface area (Å²) in [5.74, 6) is -0.355. The minimum absolute atomic E-state index is 0.296. The van der Waals surface area contributed by atoms with Gasteiger partial charge in [-0.25, -0.2) is 4.79 Å². The van der Waals surface area contributed by atoms with Crippen LogP contribution in [0.3, 0.4) is 0 Å². The van der Waals surface area contributed by atoms with Crippen LogP contribution in [0.1, 0.15) is 41.3 Å². The third-order valence-corrected chi connectivity index (χ3v) is 3.86. The smallest absolute Gasteiger partial charge is 0.338 e. The van der Waals surface area contributed by atoms with Crippen LogP contribution in [0, 0.1) is 0 Å². The maximum Gasteiger partial charge on any atom is 0.338 e. The van der Waals surface area contributed by atoms with E-state index in [2.05, 4.69) is 43.4 Å². The van der Waals surface area contributed by atoms with E-state index in [1.165, 1.54) is 5.56 Å². The number of hydrogen-bond donors (Lipinski definition) is 2. The normalized spacial score (nSPS) is 10.5. The number of esters is 1. The summed E-state index contributed by atoms with van der Waals surface area (Å²) in [5.41, 5.74) is 8.94. The second-order valence-corrected chi connectivity index (χ2v) is 6.19. The van der Waals surface area contributed by atoms with Gasteiger partial charge in [0.15, 0.2) is 6.61 Å². The summed E-state index contributed by atoms with van der Waals surface area (Å²) in [6.45, 7) is 4.51. The molecular weight excluding hydrogens is 316 g/mol. The summed E-state index contributed by atoms with van der Waals surface area (Å²) in [4.78, 5) is 23.6. The lowest BCUT2D eigenvalue weighted by molar-refractivity contribution is -0.124. The predicted octanol–water partition coefficient (Wildman–Crippen LogP) is 2.91. The van der Waals surface area contributed by atoms with E-state index in [0.717, 1.165) is 12.0 Å². The number of nitrogen functional groups attached to an aromatic ring is 1. The van der Waals surface area contributed by atoms with Crippen molar-refractivity contribution in [3.63, 3.8) is 0 Å². The van der Waals surface area contributed by atoms with E-state index in [4.69, 9.17) is 10.5 Å². The van der Waals surface area contributed by atoms with Gasteiger partial charge in [0, 0.05) is 12.2 Å². The van der Waals surface area contributed by atoms with E-state index >= 15 is 0 Å². The van der Waals surface area contributed by atoms with Gasteiger partial charge in [0.25, 0.3) is 5.91 Å². The average Bonchev–Trinajstić information content (AvgIpc) is 2.60.